The van der Waals surface area contributed by atoms with Crippen molar-refractivity contribution in [2.75, 3.05) is 17.2 Å². The predicted octanol–water partition coefficient (Wildman–Crippen LogP) is 4.72. The van der Waals surface area contributed by atoms with E-state index in [1.807, 2.05) is 55.5 Å². The van der Waals surface area contributed by atoms with Crippen LogP contribution in [0.4, 0.5) is 10.1 Å². The van der Waals surface area contributed by atoms with Gasteiger partial charge >= 0.3 is 0 Å². The number of hydrogen-bond donors (Lipinski definition) is 0. The van der Waals surface area contributed by atoms with Crippen LogP contribution in [0.1, 0.15) is 27.0 Å². The molecule has 6 heteroatoms. The van der Waals surface area contributed by atoms with Crippen molar-refractivity contribution >= 4 is 29.3 Å². The van der Waals surface area contributed by atoms with Crippen LogP contribution in [0.3, 0.4) is 0 Å². The second kappa shape index (κ2) is 7.54. The number of benzene rings is 3. The molecule has 0 bridgehead atoms. The third kappa shape index (κ3) is 3.13. The highest BCUT2D eigenvalue weighted by molar-refractivity contribution is 8.01. The summed E-state index contributed by atoms with van der Waals surface area (Å²) >= 11 is 1.49. The highest BCUT2D eigenvalue weighted by atomic mass is 32.2. The highest BCUT2D eigenvalue weighted by Gasteiger charge is 2.59. The zero-order valence-corrected chi connectivity index (χ0v) is 17.9. The molecule has 0 radical (unpaired) electrons. The zero-order valence-electron chi connectivity index (χ0n) is 17.0. The molecule has 3 aromatic carbocycles. The summed E-state index contributed by atoms with van der Waals surface area (Å²) < 4.78 is 13.4. The lowest BCUT2D eigenvalue weighted by Gasteiger charge is -2.33. The van der Waals surface area contributed by atoms with E-state index in [1.165, 1.54) is 36.0 Å². The summed E-state index contributed by atoms with van der Waals surface area (Å²) in [4.78, 5) is 29.7. The van der Waals surface area contributed by atoms with Crippen molar-refractivity contribution in [1.82, 2.24) is 4.90 Å². The number of aryl methyl sites for hydroxylation is 1. The first kappa shape index (κ1) is 19.8. The molecule has 2 aliphatic heterocycles. The van der Waals surface area contributed by atoms with Gasteiger partial charge in [-0.3, -0.25) is 9.59 Å². The number of carbonyl (C=O) groups excluding carboxylic acids is 2. The summed E-state index contributed by atoms with van der Waals surface area (Å²) in [6, 6.07) is 21.3. The number of rotatable bonds is 3. The molecule has 156 valence electrons. The molecule has 1 fully saturated rings. The average molecular weight is 433 g/mol. The van der Waals surface area contributed by atoms with Crippen molar-refractivity contribution in [1.29, 1.82) is 0 Å². The summed E-state index contributed by atoms with van der Waals surface area (Å²) in [5.41, 5.74) is 4.25. The van der Waals surface area contributed by atoms with Crippen LogP contribution in [0.5, 0.6) is 0 Å². The van der Waals surface area contributed by atoms with Gasteiger partial charge in [0.05, 0.1) is 12.2 Å². The molecule has 0 N–H and O–H groups in total. The van der Waals surface area contributed by atoms with Gasteiger partial charge in [0.25, 0.3) is 11.8 Å². The molecule has 0 unspecified atom stereocenters. The molecule has 0 aromatic heterocycles. The summed E-state index contributed by atoms with van der Waals surface area (Å²) in [7, 11) is 0. The fourth-order valence-electron chi connectivity index (χ4n) is 4.35. The van der Waals surface area contributed by atoms with Crippen molar-refractivity contribution in [3.05, 3.63) is 101 Å². The SMILES string of the molecule is Cc1ccc(CN2C(=O)[C@@]3(SCCN3C(=O)c3ccc(F)cc3)c3ccccc32)cc1. The van der Waals surface area contributed by atoms with Crippen LogP contribution in [0.2, 0.25) is 0 Å². The monoisotopic (exact) mass is 432 g/mol. The Morgan fingerprint density at radius 1 is 1.03 bits per heavy atom. The number of hydrogen-bond acceptors (Lipinski definition) is 3. The van der Waals surface area contributed by atoms with Crippen LogP contribution in [-0.4, -0.2) is 29.0 Å². The fourth-order valence-corrected chi connectivity index (χ4v) is 5.81. The number of thioether (sulfide) groups is 1. The molecule has 1 saturated heterocycles. The first-order valence-electron chi connectivity index (χ1n) is 10.2. The van der Waals surface area contributed by atoms with Gasteiger partial charge in [0.1, 0.15) is 5.82 Å². The van der Waals surface area contributed by atoms with Crippen LogP contribution in [0.15, 0.2) is 72.8 Å². The highest BCUT2D eigenvalue weighted by Crippen LogP contribution is 2.54. The van der Waals surface area contributed by atoms with Gasteiger partial charge in [-0.25, -0.2) is 4.39 Å². The van der Waals surface area contributed by atoms with E-state index in [9.17, 15) is 14.0 Å². The fraction of sp³-hybridized carbons (Fsp3) is 0.200. The molecule has 1 atom stereocenters. The average Bonchev–Trinajstić information content (AvgIpc) is 3.33. The number of carbonyl (C=O) groups is 2. The summed E-state index contributed by atoms with van der Waals surface area (Å²) in [5, 5.41) is 0. The number of amides is 2. The Kier molecular flexibility index (Phi) is 4.82. The van der Waals surface area contributed by atoms with Crippen LogP contribution in [-0.2, 0) is 16.2 Å². The van der Waals surface area contributed by atoms with Crippen LogP contribution < -0.4 is 4.90 Å². The van der Waals surface area contributed by atoms with Gasteiger partial charge in [-0.1, -0.05) is 48.0 Å². The number of fused-ring (bicyclic) bond motifs is 2. The lowest BCUT2D eigenvalue weighted by Crippen LogP contribution is -2.50. The van der Waals surface area contributed by atoms with Crippen molar-refractivity contribution in [2.24, 2.45) is 0 Å². The number of nitrogens with zero attached hydrogens (tertiary/aromatic N) is 2. The van der Waals surface area contributed by atoms with Gasteiger partial charge in [-0.2, -0.15) is 0 Å². The quantitative estimate of drug-likeness (QED) is 0.601. The lowest BCUT2D eigenvalue weighted by atomic mass is 10.0. The molecule has 31 heavy (non-hydrogen) atoms. The smallest absolute Gasteiger partial charge is 0.268 e. The van der Waals surface area contributed by atoms with Crippen molar-refractivity contribution < 1.29 is 14.0 Å². The Bertz CT molecular complexity index is 1160. The minimum absolute atomic E-state index is 0.104. The molecule has 4 nitrogen and oxygen atoms in total. The minimum atomic E-state index is -1.09. The van der Waals surface area contributed by atoms with Crippen molar-refractivity contribution in [2.45, 2.75) is 18.3 Å². The third-order valence-corrected chi connectivity index (χ3v) is 7.32. The van der Waals surface area contributed by atoms with E-state index in [-0.39, 0.29) is 11.8 Å². The Morgan fingerprint density at radius 3 is 2.48 bits per heavy atom. The van der Waals surface area contributed by atoms with Gasteiger partial charge in [-0.05, 0) is 42.8 Å². The van der Waals surface area contributed by atoms with Gasteiger partial charge < -0.3 is 9.80 Å². The normalized spacial score (nSPS) is 19.9. The molecule has 2 aliphatic rings. The Hall–Kier alpha value is -3.12. The van der Waals surface area contributed by atoms with Crippen molar-refractivity contribution in [3.8, 4) is 0 Å². The van der Waals surface area contributed by atoms with E-state index in [0.29, 0.717) is 24.4 Å². The minimum Gasteiger partial charge on any atom is -0.311 e. The molecule has 2 heterocycles. The van der Waals surface area contributed by atoms with E-state index in [0.717, 1.165) is 22.4 Å². The van der Waals surface area contributed by atoms with Gasteiger partial charge in [0.15, 0.2) is 4.87 Å². The van der Waals surface area contributed by atoms with E-state index in [1.54, 1.807) is 9.80 Å². The molecule has 1 spiro atoms. The summed E-state index contributed by atoms with van der Waals surface area (Å²) in [6.07, 6.45) is 0. The molecule has 5 rings (SSSR count). The lowest BCUT2D eigenvalue weighted by molar-refractivity contribution is -0.123. The first-order valence-corrected chi connectivity index (χ1v) is 11.2. The molecular formula is C25H21FN2O2S. The van der Waals surface area contributed by atoms with Crippen LogP contribution in [0, 0.1) is 12.7 Å². The van der Waals surface area contributed by atoms with Crippen LogP contribution in [0.25, 0.3) is 0 Å². The maximum absolute atomic E-state index is 13.9. The molecule has 3 aromatic rings. The van der Waals surface area contributed by atoms with E-state index in [2.05, 4.69) is 0 Å². The zero-order chi connectivity index (χ0) is 21.6. The Balaban J connectivity index is 1.56. The van der Waals surface area contributed by atoms with Crippen molar-refractivity contribution in [3.63, 3.8) is 0 Å². The number of anilines is 1. The van der Waals surface area contributed by atoms with E-state index < -0.39 is 10.7 Å². The number of para-hydroxylation sites is 1. The summed E-state index contributed by atoms with van der Waals surface area (Å²) in [5.74, 6) is -0.100. The van der Waals surface area contributed by atoms with Gasteiger partial charge in [0, 0.05) is 23.4 Å². The van der Waals surface area contributed by atoms with E-state index in [4.69, 9.17) is 0 Å². The molecular weight excluding hydrogens is 411 g/mol. The largest absolute Gasteiger partial charge is 0.311 e. The molecule has 0 saturated carbocycles. The Labute approximate surface area is 184 Å². The topological polar surface area (TPSA) is 40.6 Å². The maximum Gasteiger partial charge on any atom is 0.268 e. The molecule has 0 aliphatic carbocycles. The Morgan fingerprint density at radius 2 is 1.74 bits per heavy atom. The number of halogens is 1. The predicted molar refractivity (Wildman–Crippen MR) is 120 cm³/mol. The molecule has 2 amide bonds. The van der Waals surface area contributed by atoms with Gasteiger partial charge in [-0.15, -0.1) is 11.8 Å². The third-order valence-electron chi connectivity index (χ3n) is 5.90. The van der Waals surface area contributed by atoms with Crippen LogP contribution >= 0.6 is 11.8 Å². The second-order valence-electron chi connectivity index (χ2n) is 7.85. The summed E-state index contributed by atoms with van der Waals surface area (Å²) in [6.45, 7) is 2.93. The van der Waals surface area contributed by atoms with E-state index >= 15 is 0 Å². The second-order valence-corrected chi connectivity index (χ2v) is 9.14. The first-order chi connectivity index (χ1) is 15.0. The maximum atomic E-state index is 13.9. The standard InChI is InChI=1S/C25H21FN2O2S/c1-17-6-8-18(9-7-17)16-27-22-5-3-2-4-21(22)25(24(27)30)28(14-15-31-25)23(29)19-10-12-20(26)13-11-19/h2-13H,14-16H2,1H3/t25-/m0/s1. The van der Waals surface area contributed by atoms with Gasteiger partial charge in [0.2, 0.25) is 0 Å².